The molecule has 3 rings (SSSR count). The highest BCUT2D eigenvalue weighted by atomic mass is 32.2. The van der Waals surface area contributed by atoms with Crippen LogP contribution in [0.3, 0.4) is 0 Å². The van der Waals surface area contributed by atoms with E-state index in [0.29, 0.717) is 5.75 Å². The van der Waals surface area contributed by atoms with Gasteiger partial charge in [0, 0.05) is 10.6 Å². The maximum absolute atomic E-state index is 12.0. The molecule has 0 saturated carbocycles. The van der Waals surface area contributed by atoms with Gasteiger partial charge in [0.2, 0.25) is 5.91 Å². The highest BCUT2D eigenvalue weighted by molar-refractivity contribution is 8.00. The van der Waals surface area contributed by atoms with E-state index in [1.54, 1.807) is 0 Å². The van der Waals surface area contributed by atoms with Gasteiger partial charge >= 0.3 is 5.97 Å². The number of amides is 2. The summed E-state index contributed by atoms with van der Waals surface area (Å²) < 4.78 is 0. The number of carbonyl (C=O) groups is 3. The number of thiophene rings is 1. The number of carboxylic acids is 1. The lowest BCUT2D eigenvalue weighted by Crippen LogP contribution is -2.70. The number of hydrogen-bond donors (Lipinski definition) is 2. The van der Waals surface area contributed by atoms with Gasteiger partial charge in [0.25, 0.3) is 5.91 Å². The van der Waals surface area contributed by atoms with Crippen molar-refractivity contribution in [2.24, 2.45) is 0 Å². The summed E-state index contributed by atoms with van der Waals surface area (Å²) in [6.45, 7) is 0. The largest absolute Gasteiger partial charge is 0.477 e. The van der Waals surface area contributed by atoms with E-state index in [9.17, 15) is 14.4 Å². The molecule has 1 fully saturated rings. The predicted molar refractivity (Wildman–Crippen MR) is 78.8 cm³/mol. The number of rotatable bonds is 4. The fourth-order valence-electron chi connectivity index (χ4n) is 2.33. The lowest BCUT2D eigenvalue weighted by Gasteiger charge is -2.48. The molecule has 21 heavy (non-hydrogen) atoms. The van der Waals surface area contributed by atoms with E-state index in [0.717, 1.165) is 4.88 Å². The Morgan fingerprint density at radius 1 is 1.48 bits per heavy atom. The molecule has 6 nitrogen and oxygen atoms in total. The molecular formula is C13H12N2O4S2. The Bertz CT molecular complexity index is 626. The van der Waals surface area contributed by atoms with Crippen LogP contribution in [-0.2, 0) is 20.8 Å². The minimum Gasteiger partial charge on any atom is -0.477 e. The highest BCUT2D eigenvalue weighted by Crippen LogP contribution is 2.37. The zero-order chi connectivity index (χ0) is 15.0. The van der Waals surface area contributed by atoms with Crippen LogP contribution in [0.15, 0.2) is 29.3 Å². The first-order valence-electron chi connectivity index (χ1n) is 6.28. The Morgan fingerprint density at radius 2 is 2.29 bits per heavy atom. The van der Waals surface area contributed by atoms with Crippen molar-refractivity contribution < 1.29 is 19.5 Å². The second kappa shape index (κ2) is 5.53. The number of carbonyl (C=O) groups excluding carboxylic acids is 2. The maximum atomic E-state index is 12.0. The van der Waals surface area contributed by atoms with Gasteiger partial charge in [-0.05, 0) is 17.5 Å². The smallest absolute Gasteiger partial charge is 0.352 e. The van der Waals surface area contributed by atoms with Crippen molar-refractivity contribution in [1.29, 1.82) is 0 Å². The number of carboxylic acid groups (broad SMARTS) is 1. The first-order valence-corrected chi connectivity index (χ1v) is 8.20. The van der Waals surface area contributed by atoms with Crippen molar-refractivity contribution in [2.45, 2.75) is 17.8 Å². The van der Waals surface area contributed by atoms with Crippen LogP contribution in [0.5, 0.6) is 0 Å². The fourth-order valence-corrected chi connectivity index (χ4v) is 4.23. The highest BCUT2D eigenvalue weighted by Gasteiger charge is 2.52. The molecule has 1 unspecified atom stereocenters. The summed E-state index contributed by atoms with van der Waals surface area (Å²) in [6, 6.07) is 3.09. The van der Waals surface area contributed by atoms with Gasteiger partial charge in [-0.25, -0.2) is 4.79 Å². The number of nitrogens with zero attached hydrogens (tertiary/aromatic N) is 1. The van der Waals surface area contributed by atoms with E-state index in [1.807, 2.05) is 17.5 Å². The van der Waals surface area contributed by atoms with Crippen molar-refractivity contribution >= 4 is 40.9 Å². The van der Waals surface area contributed by atoms with Crippen LogP contribution >= 0.6 is 23.1 Å². The molecular weight excluding hydrogens is 312 g/mol. The van der Waals surface area contributed by atoms with Gasteiger partial charge in [-0.3, -0.25) is 14.5 Å². The third kappa shape index (κ3) is 2.56. The molecule has 2 amide bonds. The van der Waals surface area contributed by atoms with Crippen LogP contribution in [0, 0.1) is 0 Å². The predicted octanol–water partition coefficient (Wildman–Crippen LogP) is 0.659. The Morgan fingerprint density at radius 3 is 2.95 bits per heavy atom. The van der Waals surface area contributed by atoms with E-state index >= 15 is 0 Å². The summed E-state index contributed by atoms with van der Waals surface area (Å²) in [6.07, 6.45) is 1.76. The van der Waals surface area contributed by atoms with Crippen LogP contribution in [0.1, 0.15) is 4.88 Å². The molecule has 8 heteroatoms. The van der Waals surface area contributed by atoms with Crippen molar-refractivity contribution in [3.05, 3.63) is 34.2 Å². The van der Waals surface area contributed by atoms with E-state index < -0.39 is 12.0 Å². The van der Waals surface area contributed by atoms with Gasteiger partial charge in [-0.1, -0.05) is 6.07 Å². The van der Waals surface area contributed by atoms with Gasteiger partial charge in [0.15, 0.2) is 0 Å². The Kier molecular flexibility index (Phi) is 3.73. The summed E-state index contributed by atoms with van der Waals surface area (Å²) in [5.74, 6) is -1.17. The quantitative estimate of drug-likeness (QED) is 0.795. The number of thioether (sulfide) groups is 1. The molecule has 0 bridgehead atoms. The Labute approximate surface area is 128 Å². The first kappa shape index (κ1) is 14.2. The molecule has 2 aliphatic rings. The number of hydrogen-bond acceptors (Lipinski definition) is 5. The van der Waals surface area contributed by atoms with Crippen molar-refractivity contribution in [1.82, 2.24) is 10.2 Å². The molecule has 1 aromatic heterocycles. The molecule has 2 atom stereocenters. The average Bonchev–Trinajstić information content (AvgIpc) is 2.96. The van der Waals surface area contributed by atoms with Crippen LogP contribution in [0.2, 0.25) is 0 Å². The second-order valence-electron chi connectivity index (χ2n) is 4.63. The molecule has 0 aliphatic carbocycles. The van der Waals surface area contributed by atoms with Crippen LogP contribution in [0.25, 0.3) is 0 Å². The van der Waals surface area contributed by atoms with Gasteiger partial charge in [0.05, 0.1) is 6.42 Å². The third-order valence-corrected chi connectivity index (χ3v) is 5.36. The summed E-state index contributed by atoms with van der Waals surface area (Å²) in [5.41, 5.74) is 0.00695. The number of aliphatic carboxylic acids is 1. The Balaban J connectivity index is 1.64. The van der Waals surface area contributed by atoms with Crippen LogP contribution < -0.4 is 5.32 Å². The van der Waals surface area contributed by atoms with Gasteiger partial charge in [-0.15, -0.1) is 23.1 Å². The fraction of sp³-hybridized carbons (Fsp3) is 0.308. The zero-order valence-electron chi connectivity index (χ0n) is 10.8. The van der Waals surface area contributed by atoms with Gasteiger partial charge < -0.3 is 10.4 Å². The molecule has 1 saturated heterocycles. The number of β-lactam (4-membered cyclic amide) rings is 1. The van der Waals surface area contributed by atoms with E-state index in [1.165, 1.54) is 34.1 Å². The number of fused-ring (bicyclic) bond motifs is 1. The van der Waals surface area contributed by atoms with Crippen LogP contribution in [0.4, 0.5) is 0 Å². The number of nitrogens with one attached hydrogen (secondary N) is 1. The van der Waals surface area contributed by atoms with Crippen LogP contribution in [-0.4, -0.2) is 45.0 Å². The van der Waals surface area contributed by atoms with E-state index in [2.05, 4.69) is 5.32 Å². The molecule has 2 N–H and O–H groups in total. The van der Waals surface area contributed by atoms with Gasteiger partial charge in [-0.2, -0.15) is 0 Å². The lowest BCUT2D eigenvalue weighted by atomic mass is 10.0. The second-order valence-corrected chi connectivity index (χ2v) is 6.81. The zero-order valence-corrected chi connectivity index (χ0v) is 12.4. The third-order valence-electron chi connectivity index (χ3n) is 3.30. The molecule has 2 aliphatic heterocycles. The minimum atomic E-state index is -1.11. The minimum absolute atomic E-state index is 0.00695. The molecule has 110 valence electrons. The standard InChI is InChI=1S/C13H12N2O4S2/c16-9(6-7-2-1-4-20-7)14-10-11(17)15-8(13(18)19)3-5-21-12(10)15/h1-4,10,12H,5-6H2,(H,14,16)(H,18,19)/t10?,12-/m1/s1. The molecule has 3 heterocycles. The summed E-state index contributed by atoms with van der Waals surface area (Å²) in [5, 5.41) is 13.3. The monoisotopic (exact) mass is 324 g/mol. The average molecular weight is 324 g/mol. The maximum Gasteiger partial charge on any atom is 0.352 e. The topological polar surface area (TPSA) is 86.7 Å². The molecule has 0 radical (unpaired) electrons. The van der Waals surface area contributed by atoms with Gasteiger partial charge in [0.1, 0.15) is 17.1 Å². The van der Waals surface area contributed by atoms with E-state index in [4.69, 9.17) is 5.11 Å². The summed E-state index contributed by atoms with van der Waals surface area (Å²) in [7, 11) is 0. The summed E-state index contributed by atoms with van der Waals surface area (Å²) in [4.78, 5) is 37.2. The molecule has 1 aromatic rings. The lowest BCUT2D eigenvalue weighted by molar-refractivity contribution is -0.150. The van der Waals surface area contributed by atoms with Crippen molar-refractivity contribution in [3.63, 3.8) is 0 Å². The van der Waals surface area contributed by atoms with E-state index in [-0.39, 0.29) is 29.3 Å². The first-order chi connectivity index (χ1) is 10.1. The SMILES string of the molecule is O=C(Cc1cccs1)NC1C(=O)N2C(C(=O)O)=CCS[C@H]12. The summed E-state index contributed by atoms with van der Waals surface area (Å²) >= 11 is 2.93. The van der Waals surface area contributed by atoms with Crippen molar-refractivity contribution in [3.8, 4) is 0 Å². The molecule has 0 spiro atoms. The Hall–Kier alpha value is -1.80. The van der Waals surface area contributed by atoms with Crippen molar-refractivity contribution in [2.75, 3.05) is 5.75 Å². The molecule has 0 aromatic carbocycles. The normalized spacial score (nSPS) is 23.9.